The number of methoxy groups -OCH3 is 1. The Morgan fingerprint density at radius 3 is 2.61 bits per heavy atom. The smallest absolute Gasteiger partial charge is 0.350 e. The van der Waals surface area contributed by atoms with E-state index in [0.29, 0.717) is 10.6 Å². The molecule has 0 amide bonds. The average molecular weight is 264 g/mol. The summed E-state index contributed by atoms with van der Waals surface area (Å²) in [5.74, 6) is -0.409. The number of rotatable bonds is 1. The third-order valence-electron chi connectivity index (χ3n) is 2.73. The van der Waals surface area contributed by atoms with Crippen molar-refractivity contribution >= 4 is 33.2 Å². The molecular weight excluding hydrogens is 248 g/mol. The summed E-state index contributed by atoms with van der Waals surface area (Å²) in [7, 11) is 1.35. The lowest BCUT2D eigenvalue weighted by Crippen LogP contribution is -2.12. The van der Waals surface area contributed by atoms with Crippen LogP contribution in [0.15, 0.2) is 12.1 Å². The van der Waals surface area contributed by atoms with E-state index < -0.39 is 5.97 Å². The van der Waals surface area contributed by atoms with Crippen molar-refractivity contribution < 1.29 is 9.53 Å². The van der Waals surface area contributed by atoms with Crippen LogP contribution in [-0.4, -0.2) is 18.1 Å². The number of thiophene rings is 1. The monoisotopic (exact) mass is 264 g/mol. The molecule has 0 atom stereocenters. The molecule has 96 valence electrons. The second kappa shape index (κ2) is 4.24. The van der Waals surface area contributed by atoms with Crippen LogP contribution >= 0.6 is 11.3 Å². The van der Waals surface area contributed by atoms with Crippen LogP contribution in [0.3, 0.4) is 0 Å². The van der Waals surface area contributed by atoms with Crippen molar-refractivity contribution in [1.29, 1.82) is 0 Å². The Balaban J connectivity index is 2.62. The minimum atomic E-state index is -0.409. The van der Waals surface area contributed by atoms with Gasteiger partial charge in [0.25, 0.3) is 0 Å². The average Bonchev–Trinajstić information content (AvgIpc) is 2.64. The number of carbonyl (C=O) groups is 1. The van der Waals surface area contributed by atoms with Gasteiger partial charge in [0.2, 0.25) is 0 Å². The highest BCUT2D eigenvalue weighted by molar-refractivity contribution is 7.21. The predicted octanol–water partition coefficient (Wildman–Crippen LogP) is 2.96. The quantitative estimate of drug-likeness (QED) is 0.804. The summed E-state index contributed by atoms with van der Waals surface area (Å²) in [4.78, 5) is 17.3. The third-order valence-corrected chi connectivity index (χ3v) is 3.83. The summed E-state index contributed by atoms with van der Waals surface area (Å²) in [6, 6.07) is 3.87. The van der Waals surface area contributed by atoms with Gasteiger partial charge in [-0.15, -0.1) is 11.3 Å². The van der Waals surface area contributed by atoms with Crippen molar-refractivity contribution in [1.82, 2.24) is 4.98 Å². The van der Waals surface area contributed by atoms with Crippen molar-refractivity contribution in [2.24, 2.45) is 0 Å². The number of nitrogens with zero attached hydrogens (tertiary/aromatic N) is 1. The van der Waals surface area contributed by atoms with Gasteiger partial charge in [0.05, 0.1) is 12.8 Å². The van der Waals surface area contributed by atoms with Crippen molar-refractivity contribution in [3.63, 3.8) is 0 Å². The number of carbonyl (C=O) groups excluding carboxylic acids is 1. The Labute approximate surface area is 110 Å². The minimum absolute atomic E-state index is 0.0294. The second-order valence-corrected chi connectivity index (χ2v) is 6.13. The van der Waals surface area contributed by atoms with Gasteiger partial charge < -0.3 is 10.5 Å². The minimum Gasteiger partial charge on any atom is -0.465 e. The zero-order chi connectivity index (χ0) is 13.5. The highest BCUT2D eigenvalue weighted by Gasteiger charge is 2.20. The zero-order valence-corrected chi connectivity index (χ0v) is 11.7. The first-order chi connectivity index (χ1) is 8.34. The van der Waals surface area contributed by atoms with Crippen molar-refractivity contribution in [3.8, 4) is 0 Å². The molecule has 0 aromatic carbocycles. The molecule has 0 aliphatic rings. The molecule has 0 radical (unpaired) electrons. The number of aromatic nitrogens is 1. The van der Waals surface area contributed by atoms with Gasteiger partial charge in [-0.25, -0.2) is 9.78 Å². The molecule has 0 saturated carbocycles. The van der Waals surface area contributed by atoms with Crippen LogP contribution in [0.2, 0.25) is 0 Å². The maximum Gasteiger partial charge on any atom is 0.350 e. The summed E-state index contributed by atoms with van der Waals surface area (Å²) >= 11 is 1.28. The largest absolute Gasteiger partial charge is 0.465 e. The summed E-state index contributed by atoms with van der Waals surface area (Å²) < 4.78 is 4.71. The molecule has 2 aromatic rings. The molecule has 0 spiro atoms. The second-order valence-electron chi connectivity index (χ2n) is 5.14. The summed E-state index contributed by atoms with van der Waals surface area (Å²) in [6.45, 7) is 6.29. The maximum absolute atomic E-state index is 11.6. The number of esters is 1. The number of hydrogen-bond acceptors (Lipinski definition) is 5. The standard InChI is InChI=1S/C13H16N2O2S/c1-13(2,3)8-6-5-7-9(14)10(12(16)17-4)18-11(7)15-8/h5-6H,14H2,1-4H3. The molecule has 2 rings (SSSR count). The van der Waals surface area contributed by atoms with E-state index in [9.17, 15) is 4.79 Å². The Morgan fingerprint density at radius 2 is 2.06 bits per heavy atom. The molecule has 18 heavy (non-hydrogen) atoms. The molecular formula is C13H16N2O2S. The summed E-state index contributed by atoms with van der Waals surface area (Å²) in [6.07, 6.45) is 0. The van der Waals surface area contributed by atoms with Gasteiger partial charge in [-0.2, -0.15) is 0 Å². The number of fused-ring (bicyclic) bond motifs is 1. The Morgan fingerprint density at radius 1 is 1.39 bits per heavy atom. The summed E-state index contributed by atoms with van der Waals surface area (Å²) in [5.41, 5.74) is 7.35. The van der Waals surface area contributed by atoms with Crippen LogP contribution in [0, 0.1) is 0 Å². The zero-order valence-electron chi connectivity index (χ0n) is 10.9. The normalized spacial score (nSPS) is 11.8. The molecule has 2 aromatic heterocycles. The van der Waals surface area contributed by atoms with Gasteiger partial charge in [0, 0.05) is 16.5 Å². The van der Waals surface area contributed by atoms with Crippen molar-refractivity contribution in [2.75, 3.05) is 12.8 Å². The van der Waals surface area contributed by atoms with Crippen molar-refractivity contribution in [2.45, 2.75) is 26.2 Å². The molecule has 0 bridgehead atoms. The lowest BCUT2D eigenvalue weighted by molar-refractivity contribution is 0.0607. The third kappa shape index (κ3) is 2.06. The van der Waals surface area contributed by atoms with E-state index in [-0.39, 0.29) is 5.41 Å². The first-order valence-electron chi connectivity index (χ1n) is 5.62. The molecule has 0 aliphatic heterocycles. The first-order valence-corrected chi connectivity index (χ1v) is 6.44. The highest BCUT2D eigenvalue weighted by atomic mass is 32.1. The van der Waals surface area contributed by atoms with Gasteiger partial charge in [0.15, 0.2) is 0 Å². The topological polar surface area (TPSA) is 65.2 Å². The molecule has 4 nitrogen and oxygen atoms in total. The highest BCUT2D eigenvalue weighted by Crippen LogP contribution is 2.34. The van der Waals surface area contributed by atoms with Crippen molar-refractivity contribution in [3.05, 3.63) is 22.7 Å². The van der Waals surface area contributed by atoms with Gasteiger partial charge in [0.1, 0.15) is 9.71 Å². The van der Waals surface area contributed by atoms with E-state index in [1.165, 1.54) is 18.4 Å². The first kappa shape index (κ1) is 12.8. The number of nitrogen functional groups attached to an aromatic ring is 1. The van der Waals surface area contributed by atoms with E-state index in [2.05, 4.69) is 25.8 Å². The van der Waals surface area contributed by atoms with Gasteiger partial charge in [-0.05, 0) is 12.1 Å². The van der Waals surface area contributed by atoms with Crippen LogP contribution in [0.1, 0.15) is 36.1 Å². The lowest BCUT2D eigenvalue weighted by atomic mass is 9.91. The van der Waals surface area contributed by atoms with E-state index in [0.717, 1.165) is 15.9 Å². The Bertz CT molecular complexity index is 611. The Hall–Kier alpha value is -1.62. The van der Waals surface area contributed by atoms with E-state index in [1.54, 1.807) is 0 Å². The fourth-order valence-corrected chi connectivity index (χ4v) is 2.67. The van der Waals surface area contributed by atoms with Gasteiger partial charge >= 0.3 is 5.97 Å². The molecule has 0 saturated heterocycles. The van der Waals surface area contributed by atoms with Gasteiger partial charge in [-0.1, -0.05) is 20.8 Å². The predicted molar refractivity (Wildman–Crippen MR) is 74.1 cm³/mol. The number of nitrogens with two attached hydrogens (primary N) is 1. The molecule has 0 aliphatic carbocycles. The Kier molecular flexibility index (Phi) is 3.02. The van der Waals surface area contributed by atoms with Crippen LogP contribution in [0.4, 0.5) is 5.69 Å². The van der Waals surface area contributed by atoms with E-state index in [1.807, 2.05) is 12.1 Å². The number of ether oxygens (including phenoxy) is 1. The van der Waals surface area contributed by atoms with Crippen LogP contribution in [-0.2, 0) is 10.2 Å². The molecule has 0 fully saturated rings. The van der Waals surface area contributed by atoms with Gasteiger partial charge in [-0.3, -0.25) is 0 Å². The molecule has 0 unspecified atom stereocenters. The SMILES string of the molecule is COC(=O)c1sc2nc(C(C)(C)C)ccc2c1N. The number of pyridine rings is 1. The fourth-order valence-electron chi connectivity index (χ4n) is 1.66. The number of hydrogen-bond donors (Lipinski definition) is 1. The number of anilines is 1. The molecule has 2 heterocycles. The summed E-state index contributed by atoms with van der Waals surface area (Å²) in [5, 5.41) is 0.813. The van der Waals surface area contributed by atoms with Crippen LogP contribution in [0.5, 0.6) is 0 Å². The molecule has 2 N–H and O–H groups in total. The van der Waals surface area contributed by atoms with Crippen LogP contribution < -0.4 is 5.73 Å². The maximum atomic E-state index is 11.6. The van der Waals surface area contributed by atoms with E-state index in [4.69, 9.17) is 10.5 Å². The fraction of sp³-hybridized carbons (Fsp3) is 0.385. The van der Waals surface area contributed by atoms with E-state index >= 15 is 0 Å². The molecule has 5 heteroatoms. The lowest BCUT2D eigenvalue weighted by Gasteiger charge is -2.17. The van der Waals surface area contributed by atoms with Crippen LogP contribution in [0.25, 0.3) is 10.2 Å².